The molecule has 0 heterocycles. The average molecular weight is 565 g/mol. The Morgan fingerprint density at radius 2 is 0.881 bits per heavy atom. The van der Waals surface area contributed by atoms with Crippen LogP contribution >= 0.6 is 0 Å². The monoisotopic (exact) mass is 564 g/mol. The molecule has 4 rings (SSSR count). The molecular formula is C32H32N6O4. The van der Waals surface area contributed by atoms with E-state index in [1.807, 2.05) is 62.4 Å². The van der Waals surface area contributed by atoms with Gasteiger partial charge in [0.2, 0.25) is 0 Å². The van der Waals surface area contributed by atoms with Crippen molar-refractivity contribution in [2.24, 2.45) is 20.5 Å². The Bertz CT molecular complexity index is 1480. The van der Waals surface area contributed by atoms with Gasteiger partial charge in [0.05, 0.1) is 33.9 Å². The Kier molecular flexibility index (Phi) is 10.1. The number of nitrogens with zero attached hydrogens (tertiary/aromatic N) is 4. The number of unbranched alkanes of at least 4 members (excludes halogenated alkanes) is 1. The summed E-state index contributed by atoms with van der Waals surface area (Å²) in [5.41, 5.74) is 4.65. The Morgan fingerprint density at radius 1 is 0.548 bits per heavy atom. The molecule has 0 unspecified atom stereocenters. The number of rotatable bonds is 11. The Hall–Kier alpha value is -5.38. The summed E-state index contributed by atoms with van der Waals surface area (Å²) in [7, 11) is 0. The topological polar surface area (TPSA) is 148 Å². The lowest BCUT2D eigenvalue weighted by atomic mass is 10.1. The summed E-state index contributed by atoms with van der Waals surface area (Å²) in [6.45, 7) is 4.64. The van der Waals surface area contributed by atoms with Crippen LogP contribution in [0.3, 0.4) is 0 Å². The fraction of sp³-hybridized carbons (Fsp3) is 0.188. The molecule has 0 bridgehead atoms. The first-order chi connectivity index (χ1) is 20.3. The molecule has 42 heavy (non-hydrogen) atoms. The zero-order valence-electron chi connectivity index (χ0n) is 23.4. The zero-order valence-corrected chi connectivity index (χ0v) is 23.4. The maximum absolute atomic E-state index is 12.6. The van der Waals surface area contributed by atoms with E-state index < -0.39 is 11.8 Å². The molecular weight excluding hydrogens is 532 g/mol. The van der Waals surface area contributed by atoms with E-state index >= 15 is 0 Å². The molecule has 0 aliphatic carbocycles. The van der Waals surface area contributed by atoms with Crippen LogP contribution in [-0.2, 0) is 0 Å². The first-order valence-electron chi connectivity index (χ1n) is 13.5. The lowest BCUT2D eigenvalue weighted by molar-refractivity contribution is 0.0936. The molecule has 2 amide bonds. The molecule has 4 aromatic carbocycles. The molecule has 0 aliphatic heterocycles. The van der Waals surface area contributed by atoms with Crippen LogP contribution in [0.25, 0.3) is 0 Å². The van der Waals surface area contributed by atoms with Crippen molar-refractivity contribution in [2.75, 3.05) is 13.1 Å². The molecule has 0 aromatic heterocycles. The summed E-state index contributed by atoms with van der Waals surface area (Å²) in [6, 6.07) is 24.0. The summed E-state index contributed by atoms with van der Waals surface area (Å²) in [4.78, 5) is 25.3. The van der Waals surface area contributed by atoms with Crippen molar-refractivity contribution < 1.29 is 19.8 Å². The van der Waals surface area contributed by atoms with Gasteiger partial charge in [0, 0.05) is 13.1 Å². The number of benzene rings is 4. The summed E-state index contributed by atoms with van der Waals surface area (Å²) >= 11 is 0. The Labute approximate surface area is 243 Å². The second-order valence-electron chi connectivity index (χ2n) is 9.69. The van der Waals surface area contributed by atoms with Gasteiger partial charge in [-0.2, -0.15) is 20.5 Å². The third-order valence-electron chi connectivity index (χ3n) is 6.25. The van der Waals surface area contributed by atoms with E-state index in [9.17, 15) is 19.8 Å². The number of hydrogen-bond acceptors (Lipinski definition) is 8. The summed E-state index contributed by atoms with van der Waals surface area (Å²) in [5, 5.41) is 42.5. The predicted octanol–water partition coefficient (Wildman–Crippen LogP) is 7.49. The van der Waals surface area contributed by atoms with Gasteiger partial charge in [-0.3, -0.25) is 9.59 Å². The number of amides is 2. The number of phenolic OH excluding ortho intramolecular Hbond substituents is 2. The minimum Gasteiger partial charge on any atom is -0.507 e. The van der Waals surface area contributed by atoms with Crippen molar-refractivity contribution >= 4 is 34.6 Å². The number of azo groups is 2. The molecule has 0 saturated heterocycles. The smallest absolute Gasteiger partial charge is 0.255 e. The van der Waals surface area contributed by atoms with E-state index in [1.54, 1.807) is 12.1 Å². The number of nitrogens with one attached hydrogen (secondary N) is 2. The third-order valence-corrected chi connectivity index (χ3v) is 6.25. The normalized spacial score (nSPS) is 11.2. The minimum absolute atomic E-state index is 0.0959. The second-order valence-corrected chi connectivity index (χ2v) is 9.69. The van der Waals surface area contributed by atoms with Gasteiger partial charge in [-0.15, -0.1) is 0 Å². The fourth-order valence-electron chi connectivity index (χ4n) is 3.83. The van der Waals surface area contributed by atoms with Crippen LogP contribution in [0.1, 0.15) is 44.7 Å². The van der Waals surface area contributed by atoms with Crippen LogP contribution in [0, 0.1) is 13.8 Å². The second kappa shape index (κ2) is 14.3. The van der Waals surface area contributed by atoms with E-state index in [0.29, 0.717) is 48.7 Å². The van der Waals surface area contributed by atoms with Crippen molar-refractivity contribution in [3.05, 3.63) is 107 Å². The molecule has 10 heteroatoms. The zero-order chi connectivity index (χ0) is 29.9. The van der Waals surface area contributed by atoms with E-state index in [0.717, 1.165) is 11.1 Å². The van der Waals surface area contributed by atoms with Crippen LogP contribution in [0.2, 0.25) is 0 Å². The predicted molar refractivity (Wildman–Crippen MR) is 161 cm³/mol. The number of hydrogen-bond donors (Lipinski definition) is 4. The van der Waals surface area contributed by atoms with Gasteiger partial charge in [-0.25, -0.2) is 0 Å². The van der Waals surface area contributed by atoms with Gasteiger partial charge in [0.1, 0.15) is 11.5 Å². The van der Waals surface area contributed by atoms with Gasteiger partial charge in [-0.05, 0) is 87.4 Å². The molecule has 0 saturated carbocycles. The number of aromatic hydroxyl groups is 2. The molecule has 0 spiro atoms. The lowest BCUT2D eigenvalue weighted by Crippen LogP contribution is -2.27. The van der Waals surface area contributed by atoms with Gasteiger partial charge in [-0.1, -0.05) is 35.4 Å². The number of carbonyl (C=O) groups excluding carboxylic acids is 2. The SMILES string of the molecule is Cc1ccc(N=Nc2ccc(O)c(C(=O)NCCCCNC(=O)c3cc(N=Nc4ccc(C)cc4)ccc3O)c2)cc1. The van der Waals surface area contributed by atoms with E-state index in [2.05, 4.69) is 31.1 Å². The summed E-state index contributed by atoms with van der Waals surface area (Å²) in [5.74, 6) is -1.19. The Balaban J connectivity index is 1.22. The fourth-order valence-corrected chi connectivity index (χ4v) is 3.83. The first kappa shape index (κ1) is 29.6. The molecule has 0 radical (unpaired) electrons. The van der Waals surface area contributed by atoms with Crippen molar-refractivity contribution in [3.63, 3.8) is 0 Å². The number of phenols is 2. The van der Waals surface area contributed by atoms with Crippen molar-refractivity contribution in [3.8, 4) is 11.5 Å². The van der Waals surface area contributed by atoms with Crippen LogP contribution in [0.5, 0.6) is 11.5 Å². The van der Waals surface area contributed by atoms with E-state index in [-0.39, 0.29) is 22.6 Å². The van der Waals surface area contributed by atoms with Crippen LogP contribution < -0.4 is 10.6 Å². The third kappa shape index (κ3) is 8.56. The highest BCUT2D eigenvalue weighted by Gasteiger charge is 2.13. The standard InChI is InChI=1S/C32H32N6O4/c1-21-5-9-23(10-6-21)35-37-25-13-15-29(39)27(19-25)31(41)33-17-3-4-18-34-32(42)28-20-26(14-16-30(28)40)38-36-24-11-7-22(2)8-12-24/h5-16,19-20,39-40H,3-4,17-18H2,1-2H3,(H,33,41)(H,34,42). The highest BCUT2D eigenvalue weighted by molar-refractivity contribution is 5.98. The van der Waals surface area contributed by atoms with Crippen LogP contribution in [0.15, 0.2) is 105 Å². The highest BCUT2D eigenvalue weighted by atomic mass is 16.3. The van der Waals surface area contributed by atoms with Crippen LogP contribution in [-0.4, -0.2) is 35.1 Å². The van der Waals surface area contributed by atoms with Gasteiger partial charge in [0.15, 0.2) is 0 Å². The molecule has 214 valence electrons. The molecule has 4 aromatic rings. The van der Waals surface area contributed by atoms with Gasteiger partial charge in [0.25, 0.3) is 11.8 Å². The first-order valence-corrected chi connectivity index (χ1v) is 13.5. The maximum Gasteiger partial charge on any atom is 0.255 e. The lowest BCUT2D eigenvalue weighted by Gasteiger charge is -2.09. The number of aryl methyl sites for hydroxylation is 2. The Morgan fingerprint density at radius 3 is 1.26 bits per heavy atom. The summed E-state index contributed by atoms with van der Waals surface area (Å²) in [6.07, 6.45) is 1.16. The number of carbonyl (C=O) groups is 2. The molecule has 10 nitrogen and oxygen atoms in total. The molecule has 4 N–H and O–H groups in total. The van der Waals surface area contributed by atoms with Crippen molar-refractivity contribution in [2.45, 2.75) is 26.7 Å². The van der Waals surface area contributed by atoms with Crippen LogP contribution in [0.4, 0.5) is 22.7 Å². The van der Waals surface area contributed by atoms with Gasteiger partial charge < -0.3 is 20.8 Å². The molecule has 0 aliphatic rings. The quantitative estimate of drug-likeness (QED) is 0.110. The van der Waals surface area contributed by atoms with Gasteiger partial charge >= 0.3 is 0 Å². The van der Waals surface area contributed by atoms with E-state index in [1.165, 1.54) is 24.3 Å². The van der Waals surface area contributed by atoms with Crippen molar-refractivity contribution in [1.29, 1.82) is 0 Å². The highest BCUT2D eigenvalue weighted by Crippen LogP contribution is 2.26. The maximum atomic E-state index is 12.6. The summed E-state index contributed by atoms with van der Waals surface area (Å²) < 4.78 is 0. The van der Waals surface area contributed by atoms with E-state index in [4.69, 9.17) is 0 Å². The minimum atomic E-state index is -0.439. The van der Waals surface area contributed by atoms with Crippen molar-refractivity contribution in [1.82, 2.24) is 10.6 Å². The average Bonchev–Trinajstić information content (AvgIpc) is 2.99. The molecule has 0 fully saturated rings. The molecule has 0 atom stereocenters. The largest absolute Gasteiger partial charge is 0.507 e.